The Kier molecular flexibility index (Phi) is 5.43. The molecule has 128 valence electrons. The van der Waals surface area contributed by atoms with Gasteiger partial charge in [-0.3, -0.25) is 0 Å². The Hall–Kier alpha value is -2.69. The van der Waals surface area contributed by atoms with Crippen LogP contribution in [0.15, 0.2) is 78.9 Å². The lowest BCUT2D eigenvalue weighted by Gasteiger charge is -2.19. The van der Waals surface area contributed by atoms with E-state index in [0.29, 0.717) is 17.7 Å². The maximum Gasteiger partial charge on any atom is 0.127 e. The summed E-state index contributed by atoms with van der Waals surface area (Å²) in [6, 6.07) is 22.4. The van der Waals surface area contributed by atoms with Gasteiger partial charge in [-0.1, -0.05) is 42.5 Å². The third-order valence-electron chi connectivity index (χ3n) is 3.97. The van der Waals surface area contributed by atoms with E-state index < -0.39 is 12.1 Å². The Morgan fingerprint density at radius 3 is 2.28 bits per heavy atom. The van der Waals surface area contributed by atoms with Crippen molar-refractivity contribution in [3.8, 4) is 11.5 Å². The molecular weight excluding hydrogens is 317 g/mol. The molecule has 3 rings (SSSR count). The van der Waals surface area contributed by atoms with Crippen molar-refractivity contribution < 1.29 is 14.2 Å². The van der Waals surface area contributed by atoms with E-state index >= 15 is 0 Å². The number of nitrogens with two attached hydrogens (primary N) is 1. The fourth-order valence-corrected chi connectivity index (χ4v) is 2.65. The SMILES string of the molecule is NC(Cc1cccc(Oc2ccccc2)c1)C(O)c1ccc(F)cc1. The number of ether oxygens (including phenoxy) is 1. The Morgan fingerprint density at radius 1 is 0.880 bits per heavy atom. The van der Waals surface area contributed by atoms with Gasteiger partial charge in [0.05, 0.1) is 6.10 Å². The van der Waals surface area contributed by atoms with Gasteiger partial charge in [-0.25, -0.2) is 4.39 Å². The van der Waals surface area contributed by atoms with E-state index in [2.05, 4.69) is 0 Å². The molecule has 0 spiro atoms. The minimum absolute atomic E-state index is 0.338. The predicted octanol–water partition coefficient (Wildman–Crippen LogP) is 4.22. The lowest BCUT2D eigenvalue weighted by molar-refractivity contribution is 0.146. The number of para-hydroxylation sites is 1. The first-order valence-electron chi connectivity index (χ1n) is 8.13. The lowest BCUT2D eigenvalue weighted by Crippen LogP contribution is -2.30. The molecule has 0 aliphatic heterocycles. The van der Waals surface area contributed by atoms with Crippen LogP contribution in [0.4, 0.5) is 4.39 Å². The van der Waals surface area contributed by atoms with Crippen molar-refractivity contribution >= 4 is 0 Å². The van der Waals surface area contributed by atoms with Crippen molar-refractivity contribution in [3.63, 3.8) is 0 Å². The van der Waals surface area contributed by atoms with Crippen molar-refractivity contribution in [2.45, 2.75) is 18.6 Å². The van der Waals surface area contributed by atoms with E-state index in [9.17, 15) is 9.50 Å². The largest absolute Gasteiger partial charge is 0.457 e. The average molecular weight is 337 g/mol. The molecule has 0 saturated carbocycles. The second-order valence-electron chi connectivity index (χ2n) is 5.93. The topological polar surface area (TPSA) is 55.5 Å². The number of rotatable bonds is 6. The molecule has 3 nitrogen and oxygen atoms in total. The third kappa shape index (κ3) is 4.66. The highest BCUT2D eigenvalue weighted by molar-refractivity contribution is 5.34. The van der Waals surface area contributed by atoms with Crippen molar-refractivity contribution in [2.75, 3.05) is 0 Å². The van der Waals surface area contributed by atoms with E-state index in [1.807, 2.05) is 54.6 Å². The van der Waals surface area contributed by atoms with Gasteiger partial charge in [0, 0.05) is 6.04 Å². The first-order valence-corrected chi connectivity index (χ1v) is 8.13. The van der Waals surface area contributed by atoms with Gasteiger partial charge in [0.25, 0.3) is 0 Å². The fraction of sp³-hybridized carbons (Fsp3) is 0.143. The summed E-state index contributed by atoms with van der Waals surface area (Å²) in [5, 5.41) is 10.4. The van der Waals surface area contributed by atoms with Crippen LogP contribution in [0.1, 0.15) is 17.2 Å². The minimum atomic E-state index is -0.862. The van der Waals surface area contributed by atoms with Crippen molar-refractivity contribution in [3.05, 3.63) is 95.8 Å². The molecule has 0 amide bonds. The Balaban J connectivity index is 1.67. The number of hydrogen-bond donors (Lipinski definition) is 2. The monoisotopic (exact) mass is 337 g/mol. The van der Waals surface area contributed by atoms with Crippen molar-refractivity contribution in [2.24, 2.45) is 5.73 Å². The number of aliphatic hydroxyl groups is 1. The van der Waals surface area contributed by atoms with Gasteiger partial charge >= 0.3 is 0 Å². The van der Waals surface area contributed by atoms with Gasteiger partial charge < -0.3 is 15.6 Å². The second kappa shape index (κ2) is 7.92. The summed E-state index contributed by atoms with van der Waals surface area (Å²) in [6.07, 6.45) is -0.385. The van der Waals surface area contributed by atoms with Crippen LogP contribution in [0.5, 0.6) is 11.5 Å². The lowest BCUT2D eigenvalue weighted by atomic mass is 9.97. The molecule has 3 aromatic carbocycles. The number of halogens is 1. The Morgan fingerprint density at radius 2 is 1.56 bits per heavy atom. The summed E-state index contributed by atoms with van der Waals surface area (Å²) >= 11 is 0. The molecule has 0 heterocycles. The third-order valence-corrected chi connectivity index (χ3v) is 3.97. The van der Waals surface area contributed by atoms with E-state index in [-0.39, 0.29) is 5.82 Å². The first kappa shape index (κ1) is 17.1. The van der Waals surface area contributed by atoms with E-state index in [4.69, 9.17) is 10.5 Å². The molecule has 0 radical (unpaired) electrons. The molecule has 0 aliphatic carbocycles. The maximum atomic E-state index is 13.0. The second-order valence-corrected chi connectivity index (χ2v) is 5.93. The first-order chi connectivity index (χ1) is 12.1. The van der Waals surface area contributed by atoms with Crippen LogP contribution in [-0.2, 0) is 6.42 Å². The number of benzene rings is 3. The normalized spacial score (nSPS) is 13.2. The highest BCUT2D eigenvalue weighted by atomic mass is 19.1. The van der Waals surface area contributed by atoms with Crippen LogP contribution >= 0.6 is 0 Å². The minimum Gasteiger partial charge on any atom is -0.457 e. The Labute approximate surface area is 146 Å². The van der Waals surface area contributed by atoms with Gasteiger partial charge in [0.2, 0.25) is 0 Å². The smallest absolute Gasteiger partial charge is 0.127 e. The van der Waals surface area contributed by atoms with E-state index in [0.717, 1.165) is 11.3 Å². The number of hydrogen-bond acceptors (Lipinski definition) is 3. The predicted molar refractivity (Wildman–Crippen MR) is 96.0 cm³/mol. The van der Waals surface area contributed by atoms with Crippen LogP contribution in [-0.4, -0.2) is 11.1 Å². The quantitative estimate of drug-likeness (QED) is 0.708. The molecule has 0 aliphatic rings. The molecule has 3 N–H and O–H groups in total. The summed E-state index contributed by atoms with van der Waals surface area (Å²) in [4.78, 5) is 0. The highest BCUT2D eigenvalue weighted by Crippen LogP contribution is 2.24. The summed E-state index contributed by atoms with van der Waals surface area (Å²) in [7, 11) is 0. The molecule has 25 heavy (non-hydrogen) atoms. The maximum absolute atomic E-state index is 13.0. The van der Waals surface area contributed by atoms with E-state index in [1.165, 1.54) is 12.1 Å². The van der Waals surface area contributed by atoms with Gasteiger partial charge in [-0.05, 0) is 53.9 Å². The average Bonchev–Trinajstić information content (AvgIpc) is 2.63. The molecule has 2 unspecified atom stereocenters. The molecule has 2 atom stereocenters. The van der Waals surface area contributed by atoms with Crippen LogP contribution < -0.4 is 10.5 Å². The zero-order valence-corrected chi connectivity index (χ0v) is 13.7. The fourth-order valence-electron chi connectivity index (χ4n) is 2.65. The molecular formula is C21H20FNO2. The number of aliphatic hydroxyl groups excluding tert-OH is 1. The molecule has 4 heteroatoms. The van der Waals surface area contributed by atoms with Crippen molar-refractivity contribution in [1.82, 2.24) is 0 Å². The van der Waals surface area contributed by atoms with Gasteiger partial charge in [0.15, 0.2) is 0 Å². The van der Waals surface area contributed by atoms with Crippen LogP contribution in [0.25, 0.3) is 0 Å². The van der Waals surface area contributed by atoms with Crippen LogP contribution in [0.2, 0.25) is 0 Å². The summed E-state index contributed by atoms with van der Waals surface area (Å²) in [6.45, 7) is 0. The summed E-state index contributed by atoms with van der Waals surface area (Å²) in [5.74, 6) is 1.14. The highest BCUT2D eigenvalue weighted by Gasteiger charge is 2.17. The van der Waals surface area contributed by atoms with Gasteiger partial charge in [-0.2, -0.15) is 0 Å². The summed E-state index contributed by atoms with van der Waals surface area (Å²) < 4.78 is 18.8. The standard InChI is InChI=1S/C21H20FNO2/c22-17-11-9-16(10-12-17)21(24)20(23)14-15-5-4-8-19(13-15)25-18-6-2-1-3-7-18/h1-13,20-21,24H,14,23H2. The van der Waals surface area contributed by atoms with Gasteiger partial charge in [0.1, 0.15) is 17.3 Å². The Bertz CT molecular complexity index is 806. The van der Waals surface area contributed by atoms with E-state index in [1.54, 1.807) is 12.1 Å². The van der Waals surface area contributed by atoms with Crippen LogP contribution in [0.3, 0.4) is 0 Å². The molecule has 0 fully saturated rings. The molecule has 0 bridgehead atoms. The zero-order valence-electron chi connectivity index (χ0n) is 13.7. The molecule has 0 saturated heterocycles. The zero-order chi connectivity index (χ0) is 17.6. The molecule has 0 aromatic heterocycles. The molecule has 3 aromatic rings. The van der Waals surface area contributed by atoms with Crippen LogP contribution in [0, 0.1) is 5.82 Å². The van der Waals surface area contributed by atoms with Crippen molar-refractivity contribution in [1.29, 1.82) is 0 Å². The van der Waals surface area contributed by atoms with Gasteiger partial charge in [-0.15, -0.1) is 0 Å². The summed E-state index contributed by atoms with van der Waals surface area (Å²) in [5.41, 5.74) is 7.70.